The van der Waals surface area contributed by atoms with Gasteiger partial charge in [0.2, 0.25) is 0 Å². The van der Waals surface area contributed by atoms with E-state index in [0.29, 0.717) is 19.2 Å². The van der Waals surface area contributed by atoms with Crippen molar-refractivity contribution in [3.63, 3.8) is 0 Å². The molecule has 0 spiro atoms. The largest absolute Gasteiger partial charge is 0.480 e. The number of terminal acetylenes is 1. The molecule has 0 aromatic rings. The molecule has 1 heterocycles. The molecule has 0 amide bonds. The zero-order valence-corrected chi connectivity index (χ0v) is 8.82. The molecule has 1 N–H and O–H groups in total. The standard InChI is InChI=1S/C11H17NO3/c1-2-6-12(9-11(13)14)7-5-10-4-3-8-15-10/h1,10H,3-9H2,(H,13,14). The molecule has 0 aromatic carbocycles. The first-order chi connectivity index (χ1) is 7.22. The number of aliphatic carboxylic acids is 1. The average Bonchev–Trinajstić information content (AvgIpc) is 2.66. The Hall–Kier alpha value is -1.05. The molecular formula is C11H17NO3. The van der Waals surface area contributed by atoms with Gasteiger partial charge < -0.3 is 9.84 Å². The third kappa shape index (κ3) is 4.82. The summed E-state index contributed by atoms with van der Waals surface area (Å²) in [7, 11) is 0. The zero-order chi connectivity index (χ0) is 11.1. The lowest BCUT2D eigenvalue weighted by atomic mass is 10.2. The van der Waals surface area contributed by atoms with Crippen LogP contribution >= 0.6 is 0 Å². The number of ether oxygens (including phenoxy) is 1. The van der Waals surface area contributed by atoms with Crippen molar-refractivity contribution in [2.24, 2.45) is 0 Å². The van der Waals surface area contributed by atoms with Gasteiger partial charge in [0, 0.05) is 13.2 Å². The molecule has 1 fully saturated rings. The summed E-state index contributed by atoms with van der Waals surface area (Å²) in [4.78, 5) is 12.3. The average molecular weight is 211 g/mol. The Morgan fingerprint density at radius 2 is 2.47 bits per heavy atom. The summed E-state index contributed by atoms with van der Waals surface area (Å²) in [6.07, 6.45) is 8.52. The lowest BCUT2D eigenvalue weighted by Crippen LogP contribution is -2.32. The van der Waals surface area contributed by atoms with E-state index in [1.807, 2.05) is 0 Å². The lowest BCUT2D eigenvalue weighted by molar-refractivity contribution is -0.138. The summed E-state index contributed by atoms with van der Waals surface area (Å²) in [5, 5.41) is 8.66. The predicted molar refractivity (Wildman–Crippen MR) is 56.5 cm³/mol. The first-order valence-electron chi connectivity index (χ1n) is 5.21. The van der Waals surface area contributed by atoms with Crippen LogP contribution in [0.25, 0.3) is 0 Å². The first kappa shape index (κ1) is 12.0. The lowest BCUT2D eigenvalue weighted by Gasteiger charge is -2.19. The van der Waals surface area contributed by atoms with Gasteiger partial charge in [-0.1, -0.05) is 5.92 Å². The summed E-state index contributed by atoms with van der Waals surface area (Å²) in [6.45, 7) is 1.93. The van der Waals surface area contributed by atoms with Crippen LogP contribution in [0, 0.1) is 12.3 Å². The fraction of sp³-hybridized carbons (Fsp3) is 0.727. The molecule has 1 aliphatic rings. The molecule has 1 aliphatic heterocycles. The molecule has 15 heavy (non-hydrogen) atoms. The number of carboxylic acid groups (broad SMARTS) is 1. The number of rotatable bonds is 6. The van der Waals surface area contributed by atoms with Gasteiger partial charge >= 0.3 is 5.97 Å². The number of hydrogen-bond donors (Lipinski definition) is 1. The summed E-state index contributed by atoms with van der Waals surface area (Å²) < 4.78 is 5.46. The molecule has 4 nitrogen and oxygen atoms in total. The van der Waals surface area contributed by atoms with E-state index in [9.17, 15) is 4.79 Å². The monoisotopic (exact) mass is 211 g/mol. The molecule has 1 saturated heterocycles. The minimum Gasteiger partial charge on any atom is -0.480 e. The van der Waals surface area contributed by atoms with E-state index in [4.69, 9.17) is 16.3 Å². The van der Waals surface area contributed by atoms with Crippen molar-refractivity contribution in [1.82, 2.24) is 4.90 Å². The second-order valence-electron chi connectivity index (χ2n) is 3.73. The molecule has 1 rings (SSSR count). The van der Waals surface area contributed by atoms with Gasteiger partial charge in [-0.3, -0.25) is 9.69 Å². The minimum atomic E-state index is -0.836. The highest BCUT2D eigenvalue weighted by atomic mass is 16.5. The zero-order valence-electron chi connectivity index (χ0n) is 8.82. The highest BCUT2D eigenvalue weighted by Crippen LogP contribution is 2.15. The summed E-state index contributed by atoms with van der Waals surface area (Å²) in [6, 6.07) is 0. The maximum Gasteiger partial charge on any atom is 0.317 e. The summed E-state index contributed by atoms with van der Waals surface area (Å²) >= 11 is 0. The van der Waals surface area contributed by atoms with Gasteiger partial charge in [-0.15, -0.1) is 6.42 Å². The maximum atomic E-state index is 10.5. The highest BCUT2D eigenvalue weighted by molar-refractivity contribution is 5.69. The molecule has 1 unspecified atom stereocenters. The predicted octanol–water partition coefficient (Wildman–Crippen LogP) is 0.575. The summed E-state index contributed by atoms with van der Waals surface area (Å²) in [5.74, 6) is 1.63. The quantitative estimate of drug-likeness (QED) is 0.653. The van der Waals surface area contributed by atoms with Crippen molar-refractivity contribution in [2.75, 3.05) is 26.2 Å². The van der Waals surface area contributed by atoms with Crippen LogP contribution in [0.4, 0.5) is 0 Å². The van der Waals surface area contributed by atoms with E-state index in [1.54, 1.807) is 4.90 Å². The van der Waals surface area contributed by atoms with Gasteiger partial charge in [-0.2, -0.15) is 0 Å². The Balaban J connectivity index is 2.24. The van der Waals surface area contributed by atoms with E-state index in [2.05, 4.69) is 5.92 Å². The fourth-order valence-electron chi connectivity index (χ4n) is 1.73. The van der Waals surface area contributed by atoms with Crippen LogP contribution in [-0.4, -0.2) is 48.3 Å². The van der Waals surface area contributed by atoms with E-state index < -0.39 is 5.97 Å². The van der Waals surface area contributed by atoms with Crippen molar-refractivity contribution in [3.8, 4) is 12.3 Å². The summed E-state index contributed by atoms with van der Waals surface area (Å²) in [5.41, 5.74) is 0. The number of carboxylic acids is 1. The number of hydrogen-bond acceptors (Lipinski definition) is 3. The molecule has 1 atom stereocenters. The SMILES string of the molecule is C#CCN(CCC1CCCO1)CC(=O)O. The second kappa shape index (κ2) is 6.44. The van der Waals surface area contributed by atoms with E-state index in [-0.39, 0.29) is 6.54 Å². The Morgan fingerprint density at radius 3 is 3.00 bits per heavy atom. The van der Waals surface area contributed by atoms with E-state index in [0.717, 1.165) is 25.9 Å². The van der Waals surface area contributed by atoms with Crippen molar-refractivity contribution in [1.29, 1.82) is 0 Å². The van der Waals surface area contributed by atoms with Crippen molar-refractivity contribution in [3.05, 3.63) is 0 Å². The fourth-order valence-corrected chi connectivity index (χ4v) is 1.73. The molecule has 4 heteroatoms. The molecule has 0 radical (unpaired) electrons. The Labute approximate surface area is 90.2 Å². The number of carbonyl (C=O) groups is 1. The van der Waals surface area contributed by atoms with Crippen molar-refractivity contribution >= 4 is 5.97 Å². The van der Waals surface area contributed by atoms with Crippen LogP contribution in [0.3, 0.4) is 0 Å². The topological polar surface area (TPSA) is 49.8 Å². The van der Waals surface area contributed by atoms with Crippen LogP contribution in [-0.2, 0) is 9.53 Å². The van der Waals surface area contributed by atoms with Crippen molar-refractivity contribution < 1.29 is 14.6 Å². The molecular weight excluding hydrogens is 194 g/mol. The highest BCUT2D eigenvalue weighted by Gasteiger charge is 2.17. The normalized spacial score (nSPS) is 20.4. The van der Waals surface area contributed by atoms with Crippen LogP contribution in [0.5, 0.6) is 0 Å². The van der Waals surface area contributed by atoms with Gasteiger partial charge in [-0.25, -0.2) is 0 Å². The smallest absolute Gasteiger partial charge is 0.317 e. The Morgan fingerprint density at radius 1 is 1.67 bits per heavy atom. The Kier molecular flexibility index (Phi) is 5.16. The van der Waals surface area contributed by atoms with E-state index >= 15 is 0 Å². The first-order valence-corrected chi connectivity index (χ1v) is 5.21. The third-order valence-corrected chi connectivity index (χ3v) is 2.47. The van der Waals surface area contributed by atoms with Crippen molar-refractivity contribution in [2.45, 2.75) is 25.4 Å². The minimum absolute atomic E-state index is 0.0108. The molecule has 0 aromatic heterocycles. The van der Waals surface area contributed by atoms with Crippen LogP contribution in [0.15, 0.2) is 0 Å². The van der Waals surface area contributed by atoms with Gasteiger partial charge in [0.25, 0.3) is 0 Å². The molecule has 0 aliphatic carbocycles. The van der Waals surface area contributed by atoms with Crippen LogP contribution < -0.4 is 0 Å². The second-order valence-corrected chi connectivity index (χ2v) is 3.73. The van der Waals surface area contributed by atoms with Crippen LogP contribution in [0.2, 0.25) is 0 Å². The number of nitrogens with zero attached hydrogens (tertiary/aromatic N) is 1. The van der Waals surface area contributed by atoms with Gasteiger partial charge in [0.15, 0.2) is 0 Å². The van der Waals surface area contributed by atoms with Gasteiger partial charge in [-0.05, 0) is 19.3 Å². The molecule has 0 bridgehead atoms. The van der Waals surface area contributed by atoms with Gasteiger partial charge in [0.05, 0.1) is 19.2 Å². The third-order valence-electron chi connectivity index (χ3n) is 2.47. The van der Waals surface area contributed by atoms with Gasteiger partial charge in [0.1, 0.15) is 0 Å². The molecule has 84 valence electrons. The van der Waals surface area contributed by atoms with Crippen LogP contribution in [0.1, 0.15) is 19.3 Å². The Bertz CT molecular complexity index is 241. The van der Waals surface area contributed by atoms with E-state index in [1.165, 1.54) is 0 Å². The molecule has 0 saturated carbocycles. The maximum absolute atomic E-state index is 10.5.